The molecule has 1 N–H and O–H groups in total. The van der Waals surface area contributed by atoms with E-state index >= 15 is 0 Å². The molecule has 0 saturated heterocycles. The van der Waals surface area contributed by atoms with E-state index in [0.717, 1.165) is 16.0 Å². The standard InChI is InChI=1S/C16H22N2O3S2/c1-17(2)9-10-18(3)23(20,21)16-8-7-15(22-16)14-6-4-5-13(11-14)12-19/h4-8,11,19H,9-10,12H2,1-3H3. The first kappa shape index (κ1) is 18.1. The lowest BCUT2D eigenvalue weighted by atomic mass is 10.1. The van der Waals surface area contributed by atoms with Gasteiger partial charge in [0.15, 0.2) is 0 Å². The molecule has 2 rings (SSSR count). The summed E-state index contributed by atoms with van der Waals surface area (Å²) in [6, 6.07) is 10.9. The number of aliphatic hydroxyl groups is 1. The predicted molar refractivity (Wildman–Crippen MR) is 94.0 cm³/mol. The fourth-order valence-electron chi connectivity index (χ4n) is 2.05. The normalized spacial score (nSPS) is 12.3. The SMILES string of the molecule is CN(C)CCN(C)S(=O)(=O)c1ccc(-c2cccc(CO)c2)s1. The molecule has 1 aromatic heterocycles. The second-order valence-corrected chi connectivity index (χ2v) is 8.96. The molecule has 126 valence electrons. The Morgan fingerprint density at radius 2 is 1.83 bits per heavy atom. The number of aliphatic hydroxyl groups excluding tert-OH is 1. The van der Waals surface area contributed by atoms with Gasteiger partial charge in [-0.3, -0.25) is 0 Å². The molecular formula is C16H22N2O3S2. The number of thiophene rings is 1. The molecule has 2 aromatic rings. The van der Waals surface area contributed by atoms with Gasteiger partial charge in [0.25, 0.3) is 10.0 Å². The Labute approximate surface area is 141 Å². The summed E-state index contributed by atoms with van der Waals surface area (Å²) >= 11 is 1.25. The van der Waals surface area contributed by atoms with Gasteiger partial charge in [0.2, 0.25) is 0 Å². The molecule has 0 aliphatic carbocycles. The number of likely N-dealkylation sites (N-methyl/N-ethyl adjacent to an activating group) is 2. The van der Waals surface area contributed by atoms with Crippen LogP contribution in [0.5, 0.6) is 0 Å². The lowest BCUT2D eigenvalue weighted by molar-refractivity contribution is 0.282. The third kappa shape index (κ3) is 4.39. The van der Waals surface area contributed by atoms with Crippen LogP contribution >= 0.6 is 11.3 Å². The van der Waals surface area contributed by atoms with E-state index in [2.05, 4.69) is 0 Å². The molecule has 0 atom stereocenters. The lowest BCUT2D eigenvalue weighted by Gasteiger charge is -2.18. The van der Waals surface area contributed by atoms with Gasteiger partial charge >= 0.3 is 0 Å². The highest BCUT2D eigenvalue weighted by Crippen LogP contribution is 2.32. The summed E-state index contributed by atoms with van der Waals surface area (Å²) in [5.74, 6) is 0. The molecule has 0 radical (unpaired) electrons. The third-order valence-corrected chi connectivity index (χ3v) is 6.96. The Bertz CT molecular complexity index is 754. The maximum absolute atomic E-state index is 12.6. The molecule has 0 saturated carbocycles. The van der Waals surface area contributed by atoms with Crippen molar-refractivity contribution in [3.8, 4) is 10.4 Å². The zero-order valence-corrected chi connectivity index (χ0v) is 15.2. The monoisotopic (exact) mass is 354 g/mol. The van der Waals surface area contributed by atoms with Gasteiger partial charge in [-0.05, 0) is 43.4 Å². The maximum Gasteiger partial charge on any atom is 0.252 e. The second-order valence-electron chi connectivity index (χ2n) is 5.61. The van der Waals surface area contributed by atoms with E-state index in [-0.39, 0.29) is 6.61 Å². The van der Waals surface area contributed by atoms with Crippen molar-refractivity contribution in [1.82, 2.24) is 9.21 Å². The largest absolute Gasteiger partial charge is 0.392 e. The molecule has 0 unspecified atom stereocenters. The number of sulfonamides is 1. The van der Waals surface area contributed by atoms with Crippen LogP contribution in [0, 0.1) is 0 Å². The summed E-state index contributed by atoms with van der Waals surface area (Å²) in [7, 11) is 1.97. The molecule has 7 heteroatoms. The summed E-state index contributed by atoms with van der Waals surface area (Å²) in [6.45, 7) is 1.09. The van der Waals surface area contributed by atoms with Crippen LogP contribution in [0.1, 0.15) is 5.56 Å². The zero-order valence-electron chi connectivity index (χ0n) is 13.6. The fraction of sp³-hybridized carbons (Fsp3) is 0.375. The molecule has 0 amide bonds. The first-order chi connectivity index (χ1) is 10.8. The molecular weight excluding hydrogens is 332 g/mol. The number of rotatable bonds is 7. The van der Waals surface area contributed by atoms with Crippen LogP contribution in [-0.2, 0) is 16.6 Å². The van der Waals surface area contributed by atoms with Crippen molar-refractivity contribution in [3.05, 3.63) is 42.0 Å². The molecule has 1 aromatic carbocycles. The Kier molecular flexibility index (Phi) is 5.94. The van der Waals surface area contributed by atoms with Crippen LogP contribution in [0.15, 0.2) is 40.6 Å². The van der Waals surface area contributed by atoms with E-state index in [1.165, 1.54) is 15.6 Å². The average Bonchev–Trinajstić information content (AvgIpc) is 3.03. The highest BCUT2D eigenvalue weighted by Gasteiger charge is 2.23. The molecule has 0 fully saturated rings. The Hall–Kier alpha value is -1.25. The van der Waals surface area contributed by atoms with Gasteiger partial charge in [-0.25, -0.2) is 8.42 Å². The lowest BCUT2D eigenvalue weighted by Crippen LogP contribution is -2.33. The van der Waals surface area contributed by atoms with Gasteiger partial charge in [0.05, 0.1) is 6.61 Å². The number of nitrogens with zero attached hydrogens (tertiary/aromatic N) is 2. The van der Waals surface area contributed by atoms with Gasteiger partial charge in [-0.1, -0.05) is 18.2 Å². The van der Waals surface area contributed by atoms with Crippen LogP contribution in [0.3, 0.4) is 0 Å². The minimum Gasteiger partial charge on any atom is -0.392 e. The van der Waals surface area contributed by atoms with Crippen molar-refractivity contribution in [2.45, 2.75) is 10.8 Å². The van der Waals surface area contributed by atoms with Crippen LogP contribution < -0.4 is 0 Å². The van der Waals surface area contributed by atoms with Crippen molar-refractivity contribution >= 4 is 21.4 Å². The quantitative estimate of drug-likeness (QED) is 0.827. The minimum atomic E-state index is -3.46. The van der Waals surface area contributed by atoms with Crippen LogP contribution in [0.2, 0.25) is 0 Å². The molecule has 0 aliphatic rings. The molecule has 23 heavy (non-hydrogen) atoms. The molecule has 0 spiro atoms. The molecule has 5 nitrogen and oxygen atoms in total. The Morgan fingerprint density at radius 1 is 1.09 bits per heavy atom. The highest BCUT2D eigenvalue weighted by atomic mass is 32.2. The topological polar surface area (TPSA) is 60.9 Å². The summed E-state index contributed by atoms with van der Waals surface area (Å²) in [5.41, 5.74) is 1.72. The van der Waals surface area contributed by atoms with Gasteiger partial charge in [-0.2, -0.15) is 4.31 Å². The van der Waals surface area contributed by atoms with E-state index in [0.29, 0.717) is 17.3 Å². The summed E-state index contributed by atoms with van der Waals surface area (Å²) in [6.07, 6.45) is 0. The average molecular weight is 354 g/mol. The number of hydrogen-bond donors (Lipinski definition) is 1. The van der Waals surface area contributed by atoms with Crippen molar-refractivity contribution in [2.75, 3.05) is 34.2 Å². The van der Waals surface area contributed by atoms with Crippen molar-refractivity contribution in [3.63, 3.8) is 0 Å². The van der Waals surface area contributed by atoms with Crippen molar-refractivity contribution < 1.29 is 13.5 Å². The van der Waals surface area contributed by atoms with E-state index in [1.807, 2.05) is 49.3 Å². The fourth-order valence-corrected chi connectivity index (χ4v) is 4.73. The third-order valence-electron chi connectivity index (χ3n) is 3.50. The number of hydrogen-bond acceptors (Lipinski definition) is 5. The van der Waals surface area contributed by atoms with Crippen LogP contribution in [-0.4, -0.2) is 57.0 Å². The van der Waals surface area contributed by atoms with Gasteiger partial charge in [0.1, 0.15) is 4.21 Å². The van der Waals surface area contributed by atoms with Crippen molar-refractivity contribution in [1.29, 1.82) is 0 Å². The second kappa shape index (κ2) is 7.55. The molecule has 0 aliphatic heterocycles. The van der Waals surface area contributed by atoms with E-state index in [1.54, 1.807) is 13.1 Å². The highest BCUT2D eigenvalue weighted by molar-refractivity contribution is 7.91. The minimum absolute atomic E-state index is 0.0301. The van der Waals surface area contributed by atoms with E-state index in [4.69, 9.17) is 0 Å². The van der Waals surface area contributed by atoms with Crippen LogP contribution in [0.25, 0.3) is 10.4 Å². The maximum atomic E-state index is 12.6. The van der Waals surface area contributed by atoms with Gasteiger partial charge < -0.3 is 10.0 Å². The van der Waals surface area contributed by atoms with Gasteiger partial charge in [0, 0.05) is 25.0 Å². The zero-order chi connectivity index (χ0) is 17.0. The summed E-state index contributed by atoms with van der Waals surface area (Å²) < 4.78 is 26.9. The van der Waals surface area contributed by atoms with E-state index in [9.17, 15) is 13.5 Å². The Balaban J connectivity index is 2.23. The first-order valence-electron chi connectivity index (χ1n) is 7.25. The summed E-state index contributed by atoms with van der Waals surface area (Å²) in [5, 5.41) is 9.22. The van der Waals surface area contributed by atoms with Gasteiger partial charge in [-0.15, -0.1) is 11.3 Å². The molecule has 0 bridgehead atoms. The Morgan fingerprint density at radius 3 is 2.48 bits per heavy atom. The smallest absolute Gasteiger partial charge is 0.252 e. The molecule has 1 heterocycles. The number of benzene rings is 1. The van der Waals surface area contributed by atoms with E-state index < -0.39 is 10.0 Å². The first-order valence-corrected chi connectivity index (χ1v) is 9.51. The predicted octanol–water partition coefficient (Wildman–Crippen LogP) is 2.09. The summed E-state index contributed by atoms with van der Waals surface area (Å²) in [4.78, 5) is 2.83. The van der Waals surface area contributed by atoms with Crippen LogP contribution in [0.4, 0.5) is 0 Å². The van der Waals surface area contributed by atoms with Crippen molar-refractivity contribution in [2.24, 2.45) is 0 Å².